The van der Waals surface area contributed by atoms with Crippen molar-refractivity contribution in [3.05, 3.63) is 89.2 Å². The smallest absolute Gasteiger partial charge is 0.290 e. The minimum Gasteiger partial charge on any atom is -0.460 e. The first kappa shape index (κ1) is 16.1. The second kappa shape index (κ2) is 6.54. The molecule has 2 aliphatic rings. The Bertz CT molecular complexity index is 1030. The number of halogens is 1. The first-order valence-electron chi connectivity index (χ1n) is 9.21. The summed E-state index contributed by atoms with van der Waals surface area (Å²) in [4.78, 5) is 4.82. The molecule has 134 valence electrons. The highest BCUT2D eigenvalue weighted by molar-refractivity contribution is 5.93. The molecule has 3 aromatic carbocycles. The fraction of sp³-hybridized carbons (Fsp3) is 0.174. The summed E-state index contributed by atoms with van der Waals surface area (Å²) in [5, 5.41) is 3.33. The quantitative estimate of drug-likeness (QED) is 0.658. The number of hydrogen-bond acceptors (Lipinski definition) is 2. The van der Waals surface area contributed by atoms with Gasteiger partial charge in [-0.3, -0.25) is 0 Å². The molecule has 4 heteroatoms. The van der Waals surface area contributed by atoms with Gasteiger partial charge in [-0.2, -0.15) is 0 Å². The van der Waals surface area contributed by atoms with E-state index in [1.807, 2.05) is 18.2 Å². The van der Waals surface area contributed by atoms with E-state index >= 15 is 0 Å². The average Bonchev–Trinajstić information content (AvgIpc) is 3.11. The summed E-state index contributed by atoms with van der Waals surface area (Å²) >= 11 is 0. The number of aryl methyl sites for hydroxylation is 1. The van der Waals surface area contributed by atoms with Gasteiger partial charge in [-0.25, -0.2) is 9.38 Å². The minimum absolute atomic E-state index is 0.144. The Balaban J connectivity index is 1.44. The molecule has 1 N–H and O–H groups in total. The summed E-state index contributed by atoms with van der Waals surface area (Å²) in [6.07, 6.45) is 2.07. The van der Waals surface area contributed by atoms with Crippen LogP contribution in [0.25, 0.3) is 11.1 Å². The summed E-state index contributed by atoms with van der Waals surface area (Å²) < 4.78 is 19.2. The number of rotatable bonds is 2. The first-order chi connectivity index (χ1) is 13.3. The normalized spacial score (nSPS) is 19.1. The molecule has 0 fully saturated rings. The number of hydrogen-bond donors (Lipinski definition) is 1. The van der Waals surface area contributed by atoms with Crippen LogP contribution in [0.15, 0.2) is 71.7 Å². The lowest BCUT2D eigenvalue weighted by atomic mass is 9.98. The van der Waals surface area contributed by atoms with E-state index in [1.165, 1.54) is 23.3 Å². The van der Waals surface area contributed by atoms with Crippen molar-refractivity contribution in [3.63, 3.8) is 0 Å². The molecular formula is C23H19FN2O. The number of nitrogens with one attached hydrogen (secondary N) is 1. The summed E-state index contributed by atoms with van der Waals surface area (Å²) in [7, 11) is 0. The van der Waals surface area contributed by atoms with E-state index in [0.29, 0.717) is 12.6 Å². The van der Waals surface area contributed by atoms with E-state index in [0.717, 1.165) is 35.2 Å². The van der Waals surface area contributed by atoms with Crippen molar-refractivity contribution in [1.29, 1.82) is 0 Å². The predicted molar refractivity (Wildman–Crippen MR) is 105 cm³/mol. The summed E-state index contributed by atoms with van der Waals surface area (Å²) in [5.74, 6) is -0.232. The minimum atomic E-state index is -0.232. The molecule has 0 aromatic heterocycles. The molecule has 27 heavy (non-hydrogen) atoms. The van der Waals surface area contributed by atoms with Crippen LogP contribution in [0.2, 0.25) is 0 Å². The fourth-order valence-electron chi connectivity index (χ4n) is 3.93. The highest BCUT2D eigenvalue weighted by Gasteiger charge is 2.24. The molecule has 1 atom stereocenters. The Morgan fingerprint density at radius 2 is 1.81 bits per heavy atom. The number of fused-ring (bicyclic) bond motifs is 2. The molecule has 5 rings (SSSR count). The second-order valence-electron chi connectivity index (χ2n) is 6.94. The van der Waals surface area contributed by atoms with E-state index in [-0.39, 0.29) is 11.9 Å². The van der Waals surface area contributed by atoms with Gasteiger partial charge < -0.3 is 10.1 Å². The summed E-state index contributed by atoms with van der Waals surface area (Å²) in [5.41, 5.74) is 6.75. The standard InChI is InChI=1S/C23H19FN2O/c24-17-11-8-16(9-12-17)18-6-3-7-21-20(18)14-27-23(25-21)26-22-13-10-15-4-1-2-5-19(15)22/h1-9,11-12,22H,10,13-14H2,(H,25,26)/t22-/m1/s1. The van der Waals surface area contributed by atoms with Gasteiger partial charge in [0.15, 0.2) is 0 Å². The summed E-state index contributed by atoms with van der Waals surface area (Å²) in [6, 6.07) is 21.8. The van der Waals surface area contributed by atoms with Gasteiger partial charge in [-0.15, -0.1) is 0 Å². The monoisotopic (exact) mass is 358 g/mol. The van der Waals surface area contributed by atoms with Crippen molar-refractivity contribution in [2.75, 3.05) is 5.32 Å². The molecule has 1 aliphatic heterocycles. The average molecular weight is 358 g/mol. The van der Waals surface area contributed by atoms with Crippen LogP contribution in [0.3, 0.4) is 0 Å². The lowest BCUT2D eigenvalue weighted by Crippen LogP contribution is -2.23. The first-order valence-corrected chi connectivity index (χ1v) is 9.21. The number of amidine groups is 1. The van der Waals surface area contributed by atoms with E-state index < -0.39 is 0 Å². The zero-order valence-corrected chi connectivity index (χ0v) is 14.8. The topological polar surface area (TPSA) is 33.6 Å². The number of aliphatic imine (C=N–C) groups is 1. The molecule has 0 amide bonds. The molecule has 0 saturated carbocycles. The largest absolute Gasteiger partial charge is 0.460 e. The fourth-order valence-corrected chi connectivity index (χ4v) is 3.93. The maximum absolute atomic E-state index is 13.2. The summed E-state index contributed by atoms with van der Waals surface area (Å²) in [6.45, 7) is 0.448. The van der Waals surface area contributed by atoms with Crippen LogP contribution < -0.4 is 5.32 Å². The lowest BCUT2D eigenvalue weighted by Gasteiger charge is -2.24. The molecule has 1 aliphatic carbocycles. The van der Waals surface area contributed by atoms with E-state index in [9.17, 15) is 4.39 Å². The SMILES string of the molecule is Fc1ccc(-c2cccc3c2COC(=N[C@@H]2CCc4ccccc42)N3)cc1. The van der Waals surface area contributed by atoms with E-state index in [1.54, 1.807) is 12.1 Å². The third-order valence-electron chi connectivity index (χ3n) is 5.30. The van der Waals surface area contributed by atoms with Crippen LogP contribution in [0.4, 0.5) is 10.1 Å². The van der Waals surface area contributed by atoms with Crippen molar-refractivity contribution in [2.24, 2.45) is 4.99 Å². The van der Waals surface area contributed by atoms with Crippen LogP contribution in [0, 0.1) is 5.82 Å². The van der Waals surface area contributed by atoms with Gasteiger partial charge in [0.25, 0.3) is 6.02 Å². The van der Waals surface area contributed by atoms with E-state index in [2.05, 4.69) is 29.6 Å². The zero-order valence-electron chi connectivity index (χ0n) is 14.8. The molecule has 3 nitrogen and oxygen atoms in total. The van der Waals surface area contributed by atoms with Crippen molar-refractivity contribution in [2.45, 2.75) is 25.5 Å². The molecule has 0 spiro atoms. The number of anilines is 1. The van der Waals surface area contributed by atoms with Gasteiger partial charge >= 0.3 is 0 Å². The van der Waals surface area contributed by atoms with Crippen molar-refractivity contribution in [3.8, 4) is 11.1 Å². The third kappa shape index (κ3) is 2.97. The molecule has 0 bridgehead atoms. The second-order valence-corrected chi connectivity index (χ2v) is 6.94. The van der Waals surface area contributed by atoms with Crippen LogP contribution in [-0.2, 0) is 17.8 Å². The van der Waals surface area contributed by atoms with Crippen LogP contribution >= 0.6 is 0 Å². The molecule has 1 heterocycles. The van der Waals surface area contributed by atoms with Gasteiger partial charge in [0, 0.05) is 11.3 Å². The van der Waals surface area contributed by atoms with Gasteiger partial charge in [-0.1, -0.05) is 48.5 Å². The lowest BCUT2D eigenvalue weighted by molar-refractivity contribution is 0.283. The van der Waals surface area contributed by atoms with Gasteiger partial charge in [0.2, 0.25) is 0 Å². The zero-order chi connectivity index (χ0) is 18.2. The Labute approximate surface area is 157 Å². The van der Waals surface area contributed by atoms with Gasteiger partial charge in [-0.05, 0) is 53.3 Å². The van der Waals surface area contributed by atoms with Crippen molar-refractivity contribution in [1.82, 2.24) is 0 Å². The Morgan fingerprint density at radius 1 is 0.963 bits per heavy atom. The Hall–Kier alpha value is -3.14. The molecular weight excluding hydrogens is 339 g/mol. The predicted octanol–water partition coefficient (Wildman–Crippen LogP) is 5.48. The number of benzene rings is 3. The number of ether oxygens (including phenoxy) is 1. The number of nitrogens with zero attached hydrogens (tertiary/aromatic N) is 1. The van der Waals surface area contributed by atoms with Gasteiger partial charge in [0.1, 0.15) is 12.4 Å². The molecule has 0 radical (unpaired) electrons. The highest BCUT2D eigenvalue weighted by Crippen LogP contribution is 2.36. The third-order valence-corrected chi connectivity index (χ3v) is 5.30. The van der Waals surface area contributed by atoms with Crippen LogP contribution in [-0.4, -0.2) is 6.02 Å². The van der Waals surface area contributed by atoms with Crippen molar-refractivity contribution >= 4 is 11.7 Å². The Kier molecular flexibility index (Phi) is 3.89. The Morgan fingerprint density at radius 3 is 2.70 bits per heavy atom. The molecule has 0 saturated heterocycles. The van der Waals surface area contributed by atoms with Crippen LogP contribution in [0.5, 0.6) is 0 Å². The maximum Gasteiger partial charge on any atom is 0.290 e. The van der Waals surface area contributed by atoms with Gasteiger partial charge in [0.05, 0.1) is 6.04 Å². The van der Waals surface area contributed by atoms with E-state index in [4.69, 9.17) is 9.73 Å². The van der Waals surface area contributed by atoms with Crippen molar-refractivity contribution < 1.29 is 9.13 Å². The maximum atomic E-state index is 13.2. The molecule has 3 aromatic rings. The molecule has 0 unspecified atom stereocenters. The van der Waals surface area contributed by atoms with Crippen LogP contribution in [0.1, 0.15) is 29.2 Å². The highest BCUT2D eigenvalue weighted by atomic mass is 19.1.